The van der Waals surface area contributed by atoms with Gasteiger partial charge < -0.3 is 14.0 Å². The third-order valence-corrected chi connectivity index (χ3v) is 3.98. The van der Waals surface area contributed by atoms with E-state index in [0.717, 1.165) is 25.7 Å². The predicted octanol–water partition coefficient (Wildman–Crippen LogP) is 2.62. The number of carbonyl (C=O) groups is 1. The highest BCUT2D eigenvalue weighted by molar-refractivity contribution is 5.71. The van der Waals surface area contributed by atoms with Crippen LogP contribution in [0.5, 0.6) is 0 Å². The second-order valence-electron chi connectivity index (χ2n) is 5.60. The lowest BCUT2D eigenvalue weighted by atomic mass is 9.79. The standard InChI is InChI=1S/C15H24N2O4/c1-4-19-13(18)10-12-16-14(17-21-12)15(20-5-2)8-6-11(3)7-9-15/h11H,4-10H2,1-3H3. The zero-order chi connectivity index (χ0) is 15.3. The van der Waals surface area contributed by atoms with Crippen molar-refractivity contribution in [3.63, 3.8) is 0 Å². The Balaban J connectivity index is 2.11. The molecule has 0 amide bonds. The molecule has 1 aliphatic rings. The minimum atomic E-state index is -0.461. The molecule has 1 aliphatic carbocycles. The predicted molar refractivity (Wildman–Crippen MR) is 75.6 cm³/mol. The first-order chi connectivity index (χ1) is 10.1. The van der Waals surface area contributed by atoms with Crippen LogP contribution in [0.2, 0.25) is 0 Å². The molecule has 0 radical (unpaired) electrons. The van der Waals surface area contributed by atoms with E-state index >= 15 is 0 Å². The molecule has 0 aromatic carbocycles. The summed E-state index contributed by atoms with van der Waals surface area (Å²) in [5, 5.41) is 4.05. The van der Waals surface area contributed by atoms with Gasteiger partial charge >= 0.3 is 5.97 Å². The second kappa shape index (κ2) is 7.02. The maximum atomic E-state index is 11.5. The van der Waals surface area contributed by atoms with Gasteiger partial charge in [0.25, 0.3) is 0 Å². The van der Waals surface area contributed by atoms with Crippen molar-refractivity contribution in [1.29, 1.82) is 0 Å². The lowest BCUT2D eigenvalue weighted by molar-refractivity contribution is -0.142. The summed E-state index contributed by atoms with van der Waals surface area (Å²) in [5.74, 6) is 1.21. The number of carbonyl (C=O) groups excluding carboxylic acids is 1. The van der Waals surface area contributed by atoms with Crippen molar-refractivity contribution < 1.29 is 18.8 Å². The molecule has 0 N–H and O–H groups in total. The first-order valence-corrected chi connectivity index (χ1v) is 7.72. The van der Waals surface area contributed by atoms with Crippen LogP contribution in [-0.2, 0) is 26.3 Å². The van der Waals surface area contributed by atoms with Crippen LogP contribution in [0.25, 0.3) is 0 Å². The lowest BCUT2D eigenvalue weighted by Gasteiger charge is -2.36. The Hall–Kier alpha value is -1.43. The zero-order valence-electron chi connectivity index (χ0n) is 13.1. The van der Waals surface area contributed by atoms with Crippen LogP contribution < -0.4 is 0 Å². The maximum absolute atomic E-state index is 11.5. The first kappa shape index (κ1) is 15.9. The van der Waals surface area contributed by atoms with E-state index in [0.29, 0.717) is 30.8 Å². The largest absolute Gasteiger partial charge is 0.466 e. The van der Waals surface area contributed by atoms with Gasteiger partial charge in [0.1, 0.15) is 12.0 Å². The molecule has 0 aliphatic heterocycles. The van der Waals surface area contributed by atoms with Crippen LogP contribution in [0.3, 0.4) is 0 Å². The number of nitrogens with zero attached hydrogens (tertiary/aromatic N) is 2. The summed E-state index contributed by atoms with van der Waals surface area (Å²) in [6.45, 7) is 6.94. The van der Waals surface area contributed by atoms with Gasteiger partial charge in [0, 0.05) is 6.61 Å². The Morgan fingerprint density at radius 3 is 2.67 bits per heavy atom. The molecule has 1 saturated carbocycles. The summed E-state index contributed by atoms with van der Waals surface area (Å²) >= 11 is 0. The molecule has 1 aromatic heterocycles. The van der Waals surface area contributed by atoms with Crippen molar-refractivity contribution in [3.05, 3.63) is 11.7 Å². The Labute approximate surface area is 125 Å². The molecule has 0 spiro atoms. The number of ether oxygens (including phenoxy) is 2. The minimum absolute atomic E-state index is 0.0133. The van der Waals surface area contributed by atoms with Gasteiger partial charge in [-0.3, -0.25) is 4.79 Å². The van der Waals surface area contributed by atoms with Gasteiger partial charge in [0.05, 0.1) is 6.61 Å². The zero-order valence-corrected chi connectivity index (χ0v) is 13.1. The van der Waals surface area contributed by atoms with Crippen LogP contribution in [-0.4, -0.2) is 29.3 Å². The molecule has 0 bridgehead atoms. The molecule has 0 atom stereocenters. The van der Waals surface area contributed by atoms with Crippen LogP contribution in [0.1, 0.15) is 58.2 Å². The third kappa shape index (κ3) is 3.81. The number of esters is 1. The van der Waals surface area contributed by atoms with Crippen molar-refractivity contribution in [2.45, 2.75) is 58.5 Å². The van der Waals surface area contributed by atoms with Crippen LogP contribution in [0.15, 0.2) is 4.52 Å². The molecule has 0 saturated heterocycles. The Bertz CT molecular complexity index is 464. The Morgan fingerprint density at radius 1 is 1.33 bits per heavy atom. The van der Waals surface area contributed by atoms with Gasteiger partial charge in [0.2, 0.25) is 11.7 Å². The van der Waals surface area contributed by atoms with E-state index in [4.69, 9.17) is 14.0 Å². The molecule has 1 heterocycles. The fraction of sp³-hybridized carbons (Fsp3) is 0.800. The number of hydrogen-bond acceptors (Lipinski definition) is 6. The quantitative estimate of drug-likeness (QED) is 0.751. The average Bonchev–Trinajstić information content (AvgIpc) is 2.91. The summed E-state index contributed by atoms with van der Waals surface area (Å²) in [6.07, 6.45) is 3.96. The molecule has 21 heavy (non-hydrogen) atoms. The van der Waals surface area contributed by atoms with Gasteiger partial charge in [-0.25, -0.2) is 0 Å². The van der Waals surface area contributed by atoms with Gasteiger partial charge in [-0.1, -0.05) is 12.1 Å². The summed E-state index contributed by atoms with van der Waals surface area (Å²) in [4.78, 5) is 15.8. The fourth-order valence-corrected chi connectivity index (χ4v) is 2.78. The molecule has 1 fully saturated rings. The molecule has 0 unspecified atom stereocenters. The normalized spacial score (nSPS) is 25.8. The summed E-state index contributed by atoms with van der Waals surface area (Å²) in [7, 11) is 0. The van der Waals surface area contributed by atoms with E-state index < -0.39 is 5.60 Å². The summed E-state index contributed by atoms with van der Waals surface area (Å²) < 4.78 is 16.0. The number of aromatic nitrogens is 2. The van der Waals surface area contributed by atoms with Crippen molar-refractivity contribution in [3.8, 4) is 0 Å². The number of hydrogen-bond donors (Lipinski definition) is 0. The maximum Gasteiger partial charge on any atom is 0.315 e. The van der Waals surface area contributed by atoms with Gasteiger partial charge in [-0.2, -0.15) is 4.98 Å². The topological polar surface area (TPSA) is 74.5 Å². The minimum Gasteiger partial charge on any atom is -0.466 e. The highest BCUT2D eigenvalue weighted by Gasteiger charge is 2.40. The van der Waals surface area contributed by atoms with E-state index in [1.807, 2.05) is 6.92 Å². The molecule has 118 valence electrons. The second-order valence-corrected chi connectivity index (χ2v) is 5.60. The SMILES string of the molecule is CCOC(=O)Cc1nc(C2(OCC)CCC(C)CC2)no1. The van der Waals surface area contributed by atoms with E-state index in [9.17, 15) is 4.79 Å². The highest BCUT2D eigenvalue weighted by Crippen LogP contribution is 2.41. The highest BCUT2D eigenvalue weighted by atomic mass is 16.5. The van der Waals surface area contributed by atoms with E-state index in [2.05, 4.69) is 17.1 Å². The van der Waals surface area contributed by atoms with E-state index in [1.54, 1.807) is 6.92 Å². The molecule has 6 nitrogen and oxygen atoms in total. The summed E-state index contributed by atoms with van der Waals surface area (Å²) in [5.41, 5.74) is -0.461. The van der Waals surface area contributed by atoms with Gasteiger partial charge in [-0.05, 0) is 45.4 Å². The number of rotatable bonds is 6. The van der Waals surface area contributed by atoms with E-state index in [1.165, 1.54) is 0 Å². The average molecular weight is 296 g/mol. The molecule has 6 heteroatoms. The van der Waals surface area contributed by atoms with Crippen LogP contribution >= 0.6 is 0 Å². The smallest absolute Gasteiger partial charge is 0.315 e. The Morgan fingerprint density at radius 2 is 2.05 bits per heavy atom. The molecule has 1 aromatic rings. The van der Waals surface area contributed by atoms with E-state index in [-0.39, 0.29) is 12.4 Å². The van der Waals surface area contributed by atoms with Gasteiger partial charge in [0.15, 0.2) is 0 Å². The molecular formula is C15H24N2O4. The third-order valence-electron chi connectivity index (χ3n) is 3.98. The Kier molecular flexibility index (Phi) is 5.33. The summed E-state index contributed by atoms with van der Waals surface area (Å²) in [6, 6.07) is 0. The lowest BCUT2D eigenvalue weighted by Crippen LogP contribution is -2.35. The van der Waals surface area contributed by atoms with Gasteiger partial charge in [-0.15, -0.1) is 0 Å². The van der Waals surface area contributed by atoms with Crippen LogP contribution in [0, 0.1) is 5.92 Å². The van der Waals surface area contributed by atoms with Crippen molar-refractivity contribution >= 4 is 5.97 Å². The monoisotopic (exact) mass is 296 g/mol. The van der Waals surface area contributed by atoms with Crippen molar-refractivity contribution in [1.82, 2.24) is 10.1 Å². The van der Waals surface area contributed by atoms with Crippen molar-refractivity contribution in [2.24, 2.45) is 5.92 Å². The molecular weight excluding hydrogens is 272 g/mol. The van der Waals surface area contributed by atoms with Crippen LogP contribution in [0.4, 0.5) is 0 Å². The first-order valence-electron chi connectivity index (χ1n) is 7.72. The fourth-order valence-electron chi connectivity index (χ4n) is 2.78. The molecule has 2 rings (SSSR count). The van der Waals surface area contributed by atoms with Crippen molar-refractivity contribution in [2.75, 3.05) is 13.2 Å².